The van der Waals surface area contributed by atoms with E-state index in [0.717, 1.165) is 14.2 Å². The van der Waals surface area contributed by atoms with Crippen molar-refractivity contribution in [1.82, 2.24) is 0 Å². The molecule has 0 heterocycles. The maximum absolute atomic E-state index is 4.13. The molecule has 0 aromatic heterocycles. The van der Waals surface area contributed by atoms with Gasteiger partial charge >= 0.3 is 0 Å². The predicted octanol–water partition coefficient (Wildman–Crippen LogP) is 3.58. The van der Waals surface area contributed by atoms with Gasteiger partial charge in [0.1, 0.15) is 0 Å². The minimum Gasteiger partial charge on any atom is -0.292 e. The van der Waals surface area contributed by atoms with E-state index < -0.39 is 0 Å². The van der Waals surface area contributed by atoms with Gasteiger partial charge in [0.15, 0.2) is 0 Å². The third-order valence-corrected chi connectivity index (χ3v) is 2.25. The van der Waals surface area contributed by atoms with Gasteiger partial charge in [0, 0.05) is 0 Å². The number of nitrogens with zero attached hydrogens (tertiary/aromatic N) is 1. The summed E-state index contributed by atoms with van der Waals surface area (Å²) in [6, 6.07) is 0. The summed E-state index contributed by atoms with van der Waals surface area (Å²) < 4.78 is 0. The summed E-state index contributed by atoms with van der Waals surface area (Å²) in [6.07, 6.45) is 1.83. The van der Waals surface area contributed by atoms with E-state index in [9.17, 15) is 0 Å². The van der Waals surface area contributed by atoms with Crippen LogP contribution in [0.2, 0.25) is 0 Å². The average molecular weight is 189 g/mol. The molecule has 0 aromatic carbocycles. The molecule has 1 nitrogen and oxygen atoms in total. The summed E-state index contributed by atoms with van der Waals surface area (Å²) in [6.45, 7) is 14.9. The molecule has 0 saturated heterocycles. The van der Waals surface area contributed by atoms with Crippen LogP contribution in [-0.4, -0.2) is 24.1 Å². The van der Waals surface area contributed by atoms with E-state index in [1.807, 2.05) is 13.1 Å². The zero-order valence-corrected chi connectivity index (χ0v) is 10.6. The molecule has 1 atom stereocenters. The van der Waals surface area contributed by atoms with Gasteiger partial charge in [-0.15, -0.1) is 8.58 Å². The lowest BCUT2D eigenvalue weighted by Gasteiger charge is -2.09. The van der Waals surface area contributed by atoms with Crippen molar-refractivity contribution in [3.05, 3.63) is 0 Å². The molecule has 74 valence electrons. The molecule has 0 spiro atoms. The van der Waals surface area contributed by atoms with Gasteiger partial charge in [-0.2, -0.15) is 0 Å². The number of hydrogen-bond acceptors (Lipinski definition) is 1. The van der Waals surface area contributed by atoms with E-state index >= 15 is 0 Å². The monoisotopic (exact) mass is 189 g/mol. The Balaban J connectivity index is 0. The topological polar surface area (TPSA) is 12.4 Å². The molecule has 0 aliphatic carbocycles. The molecule has 0 N–H and O–H groups in total. The molecule has 0 rings (SSSR count). The summed E-state index contributed by atoms with van der Waals surface area (Å²) in [5.74, 6) is 0. The lowest BCUT2D eigenvalue weighted by atomic mass is 10.1. The van der Waals surface area contributed by atoms with Crippen molar-refractivity contribution in [3.63, 3.8) is 0 Å². The van der Waals surface area contributed by atoms with E-state index in [-0.39, 0.29) is 5.54 Å². The standard InChI is InChI=1S/C6H13N.C4H11P/c1-5-7-6(2,3)4;1-4(2)5-3/h5H,1-4H3;4-5H,1-3H3. The Labute approximate surface area is 79.8 Å². The van der Waals surface area contributed by atoms with Gasteiger partial charge in [0.25, 0.3) is 0 Å². The van der Waals surface area contributed by atoms with Crippen LogP contribution >= 0.6 is 8.58 Å². The minimum atomic E-state index is 0.120. The smallest absolute Gasteiger partial charge is 0.0520 e. The third kappa shape index (κ3) is 22.5. The van der Waals surface area contributed by atoms with Crippen LogP contribution in [0.25, 0.3) is 0 Å². The highest BCUT2D eigenvalue weighted by Crippen LogP contribution is 2.09. The second-order valence-electron chi connectivity index (χ2n) is 4.00. The number of aliphatic imine (C=N–C) groups is 1. The Morgan fingerprint density at radius 1 is 1.25 bits per heavy atom. The molecule has 2 heteroatoms. The van der Waals surface area contributed by atoms with Crippen LogP contribution in [0.15, 0.2) is 4.99 Å². The molecular weight excluding hydrogens is 165 g/mol. The first-order chi connectivity index (χ1) is 5.33. The van der Waals surface area contributed by atoms with Crippen LogP contribution in [0.4, 0.5) is 0 Å². The van der Waals surface area contributed by atoms with E-state index in [2.05, 4.69) is 46.3 Å². The van der Waals surface area contributed by atoms with Gasteiger partial charge in [-0.1, -0.05) is 13.8 Å². The van der Waals surface area contributed by atoms with Crippen molar-refractivity contribution in [2.75, 3.05) is 6.66 Å². The third-order valence-electron chi connectivity index (χ3n) is 1.09. The van der Waals surface area contributed by atoms with Gasteiger partial charge in [0.2, 0.25) is 0 Å². The Hall–Kier alpha value is 0.100. The Kier molecular flexibility index (Phi) is 9.42. The molecule has 0 fully saturated rings. The van der Waals surface area contributed by atoms with Crippen LogP contribution < -0.4 is 0 Å². The van der Waals surface area contributed by atoms with Gasteiger partial charge in [-0.05, 0) is 46.2 Å². The highest BCUT2D eigenvalue weighted by Gasteiger charge is 2.02. The first kappa shape index (κ1) is 14.6. The van der Waals surface area contributed by atoms with Crippen LogP contribution in [0.5, 0.6) is 0 Å². The van der Waals surface area contributed by atoms with Crippen molar-refractivity contribution in [2.45, 2.75) is 52.7 Å². The molecule has 0 amide bonds. The molecule has 0 aliphatic heterocycles. The van der Waals surface area contributed by atoms with Crippen molar-refractivity contribution >= 4 is 14.8 Å². The van der Waals surface area contributed by atoms with E-state index in [1.165, 1.54) is 0 Å². The highest BCUT2D eigenvalue weighted by molar-refractivity contribution is 7.37. The molecule has 0 bridgehead atoms. The van der Waals surface area contributed by atoms with Crippen molar-refractivity contribution in [2.24, 2.45) is 4.99 Å². The highest BCUT2D eigenvalue weighted by atomic mass is 31.1. The van der Waals surface area contributed by atoms with Crippen molar-refractivity contribution in [1.29, 1.82) is 0 Å². The second kappa shape index (κ2) is 7.73. The fraction of sp³-hybridized carbons (Fsp3) is 0.900. The molecule has 0 aromatic rings. The molecular formula is C10H24NP. The minimum absolute atomic E-state index is 0.120. The average Bonchev–Trinajstić information content (AvgIpc) is 1.86. The van der Waals surface area contributed by atoms with Gasteiger partial charge < -0.3 is 0 Å². The molecule has 12 heavy (non-hydrogen) atoms. The summed E-state index contributed by atoms with van der Waals surface area (Å²) in [5, 5.41) is 0. The molecule has 0 aliphatic rings. The Morgan fingerprint density at radius 2 is 1.58 bits per heavy atom. The lowest BCUT2D eigenvalue weighted by molar-refractivity contribution is 0.586. The van der Waals surface area contributed by atoms with Crippen LogP contribution in [-0.2, 0) is 0 Å². The van der Waals surface area contributed by atoms with Crippen LogP contribution in [0, 0.1) is 0 Å². The Bertz CT molecular complexity index is 111. The predicted molar refractivity (Wildman–Crippen MR) is 63.3 cm³/mol. The van der Waals surface area contributed by atoms with Crippen LogP contribution in [0.1, 0.15) is 41.5 Å². The first-order valence-electron chi connectivity index (χ1n) is 4.50. The number of hydrogen-bond donors (Lipinski definition) is 0. The van der Waals surface area contributed by atoms with Gasteiger partial charge in [-0.3, -0.25) is 4.99 Å². The maximum atomic E-state index is 4.13. The maximum Gasteiger partial charge on any atom is 0.0520 e. The summed E-state index contributed by atoms with van der Waals surface area (Å²) in [5.41, 5.74) is 1.03. The fourth-order valence-corrected chi connectivity index (χ4v) is 0.387. The van der Waals surface area contributed by atoms with Crippen molar-refractivity contribution < 1.29 is 0 Å². The Morgan fingerprint density at radius 3 is 1.58 bits per heavy atom. The van der Waals surface area contributed by atoms with Gasteiger partial charge in [-0.25, -0.2) is 0 Å². The summed E-state index contributed by atoms with van der Waals surface area (Å²) in [7, 11) is 1.11. The zero-order chi connectivity index (χ0) is 10.2. The summed E-state index contributed by atoms with van der Waals surface area (Å²) in [4.78, 5) is 4.13. The van der Waals surface area contributed by atoms with Gasteiger partial charge in [0.05, 0.1) is 5.54 Å². The second-order valence-corrected chi connectivity index (χ2v) is 5.73. The normalized spacial score (nSPS) is 12.7. The fourth-order valence-electron chi connectivity index (χ4n) is 0.387. The number of rotatable bonds is 1. The molecule has 1 unspecified atom stereocenters. The zero-order valence-electron chi connectivity index (χ0n) is 9.60. The molecule has 0 saturated carbocycles. The van der Waals surface area contributed by atoms with E-state index in [0.29, 0.717) is 0 Å². The van der Waals surface area contributed by atoms with E-state index in [4.69, 9.17) is 0 Å². The SMILES string of the molecule is CC=NC(C)(C)C.CPC(C)C. The van der Waals surface area contributed by atoms with Crippen molar-refractivity contribution in [3.8, 4) is 0 Å². The summed E-state index contributed by atoms with van der Waals surface area (Å²) >= 11 is 0. The van der Waals surface area contributed by atoms with Crippen LogP contribution in [0.3, 0.4) is 0 Å². The van der Waals surface area contributed by atoms with E-state index in [1.54, 1.807) is 0 Å². The molecule has 0 radical (unpaired) electrons. The quantitative estimate of drug-likeness (QED) is 0.441. The largest absolute Gasteiger partial charge is 0.292 e. The first-order valence-corrected chi connectivity index (χ1v) is 6.08. The lowest BCUT2D eigenvalue weighted by Crippen LogP contribution is -2.08.